The number of hydrogen-bond acceptors (Lipinski definition) is 7. The van der Waals surface area contributed by atoms with Gasteiger partial charge in [-0.05, 0) is 62.7 Å². The first kappa shape index (κ1) is 25.8. The summed E-state index contributed by atoms with van der Waals surface area (Å²) >= 11 is 1.57. The molecule has 2 heterocycles. The molecule has 1 aromatic carbocycles. The highest BCUT2D eigenvalue weighted by atomic mass is 32.2. The average molecular weight is 499 g/mol. The van der Waals surface area contributed by atoms with E-state index in [2.05, 4.69) is 20.6 Å². The molecule has 1 amide bonds. The van der Waals surface area contributed by atoms with E-state index in [0.717, 1.165) is 35.9 Å². The van der Waals surface area contributed by atoms with Gasteiger partial charge in [0.2, 0.25) is 5.91 Å². The van der Waals surface area contributed by atoms with E-state index in [4.69, 9.17) is 9.47 Å². The van der Waals surface area contributed by atoms with Crippen molar-refractivity contribution in [1.82, 2.24) is 20.6 Å². The van der Waals surface area contributed by atoms with Crippen molar-refractivity contribution >= 4 is 17.7 Å². The lowest BCUT2D eigenvalue weighted by Crippen LogP contribution is -2.47. The van der Waals surface area contributed by atoms with Crippen LogP contribution in [0.3, 0.4) is 0 Å². The monoisotopic (exact) mass is 498 g/mol. The van der Waals surface area contributed by atoms with E-state index in [1.165, 1.54) is 44.9 Å². The fourth-order valence-corrected chi connectivity index (χ4v) is 5.95. The van der Waals surface area contributed by atoms with Crippen molar-refractivity contribution in [3.8, 4) is 23.0 Å². The molecule has 2 aromatic rings. The van der Waals surface area contributed by atoms with E-state index >= 15 is 0 Å². The molecule has 1 aliphatic carbocycles. The van der Waals surface area contributed by atoms with Crippen molar-refractivity contribution in [2.75, 3.05) is 33.1 Å². The Balaban J connectivity index is 1.30. The summed E-state index contributed by atoms with van der Waals surface area (Å²) < 4.78 is 10.5. The normalized spacial score (nSPS) is 19.3. The number of piperidine rings is 1. The van der Waals surface area contributed by atoms with Gasteiger partial charge in [0.1, 0.15) is 0 Å². The predicted octanol–water partition coefficient (Wildman–Crippen LogP) is 4.71. The van der Waals surface area contributed by atoms with Crippen LogP contribution < -0.4 is 20.1 Å². The highest BCUT2D eigenvalue weighted by Crippen LogP contribution is 2.31. The molecule has 2 fully saturated rings. The first-order chi connectivity index (χ1) is 17.2. The second-order valence-corrected chi connectivity index (χ2v) is 10.6. The zero-order valence-electron chi connectivity index (χ0n) is 20.9. The molecule has 35 heavy (non-hydrogen) atoms. The molecule has 0 bridgehead atoms. The Morgan fingerprint density at radius 3 is 2.63 bits per heavy atom. The first-order valence-electron chi connectivity index (χ1n) is 12.8. The van der Waals surface area contributed by atoms with Gasteiger partial charge >= 0.3 is 0 Å². The Bertz CT molecular complexity index is 944. The molecule has 1 saturated carbocycles. The summed E-state index contributed by atoms with van der Waals surface area (Å²) in [5.41, 5.74) is 0.886. The van der Waals surface area contributed by atoms with Crippen molar-refractivity contribution in [3.05, 3.63) is 30.5 Å². The predicted molar refractivity (Wildman–Crippen MR) is 140 cm³/mol. The van der Waals surface area contributed by atoms with Crippen LogP contribution in [-0.4, -0.2) is 55.0 Å². The number of carbonyl (C=O) groups excluding carboxylic acids is 1. The lowest BCUT2D eigenvalue weighted by molar-refractivity contribution is -0.119. The maximum atomic E-state index is 12.9. The van der Waals surface area contributed by atoms with Crippen LogP contribution in [0.5, 0.6) is 11.6 Å². The summed E-state index contributed by atoms with van der Waals surface area (Å²) in [6.45, 7) is 2.11. The third-order valence-corrected chi connectivity index (χ3v) is 8.24. The molecule has 2 aliphatic rings. The Hall–Kier alpha value is -2.32. The zero-order chi connectivity index (χ0) is 24.5. The van der Waals surface area contributed by atoms with Gasteiger partial charge in [-0.25, -0.2) is 4.98 Å². The van der Waals surface area contributed by atoms with Crippen LogP contribution in [-0.2, 0) is 4.79 Å². The SMILES string of the molecule is COc1cnc(-c2ccc(SCC(=O)NC(CCC3CCCC3)C3CCCNC3)cc2)nc1OC. The van der Waals surface area contributed by atoms with E-state index < -0.39 is 0 Å². The number of hydrogen-bond donors (Lipinski definition) is 2. The number of nitrogens with zero attached hydrogens (tertiary/aromatic N) is 2. The molecule has 2 atom stereocenters. The topological polar surface area (TPSA) is 85.4 Å². The quantitative estimate of drug-likeness (QED) is 0.434. The van der Waals surface area contributed by atoms with Gasteiger partial charge in [-0.15, -0.1) is 11.8 Å². The number of aromatic nitrogens is 2. The van der Waals surface area contributed by atoms with Gasteiger partial charge in [0.25, 0.3) is 5.88 Å². The lowest BCUT2D eigenvalue weighted by Gasteiger charge is -2.32. The Labute approximate surface area is 213 Å². The number of benzene rings is 1. The Morgan fingerprint density at radius 1 is 1.14 bits per heavy atom. The number of thioether (sulfide) groups is 1. The largest absolute Gasteiger partial charge is 0.490 e. The van der Waals surface area contributed by atoms with Crippen LogP contribution in [0.1, 0.15) is 51.4 Å². The van der Waals surface area contributed by atoms with E-state index in [9.17, 15) is 4.79 Å². The van der Waals surface area contributed by atoms with E-state index in [0.29, 0.717) is 29.1 Å². The minimum Gasteiger partial charge on any atom is -0.490 e. The summed E-state index contributed by atoms with van der Waals surface area (Å²) in [4.78, 5) is 22.7. The van der Waals surface area contributed by atoms with Crippen LogP contribution in [0.4, 0.5) is 0 Å². The maximum Gasteiger partial charge on any atom is 0.260 e. The fourth-order valence-electron chi connectivity index (χ4n) is 5.24. The molecule has 2 unspecified atom stereocenters. The number of nitrogens with one attached hydrogen (secondary N) is 2. The summed E-state index contributed by atoms with van der Waals surface area (Å²) in [5, 5.41) is 6.92. The maximum absolute atomic E-state index is 12.9. The van der Waals surface area contributed by atoms with Gasteiger partial charge in [-0.3, -0.25) is 4.79 Å². The van der Waals surface area contributed by atoms with Crippen LogP contribution in [0.15, 0.2) is 35.4 Å². The highest BCUT2D eigenvalue weighted by Gasteiger charge is 2.26. The minimum atomic E-state index is 0.129. The zero-order valence-corrected chi connectivity index (χ0v) is 21.7. The third kappa shape index (κ3) is 7.34. The summed E-state index contributed by atoms with van der Waals surface area (Å²) in [5.74, 6) is 3.43. The Morgan fingerprint density at radius 2 is 1.94 bits per heavy atom. The molecule has 0 spiro atoms. The van der Waals surface area contributed by atoms with Gasteiger partial charge in [0.15, 0.2) is 11.6 Å². The van der Waals surface area contributed by atoms with Gasteiger partial charge in [-0.1, -0.05) is 37.8 Å². The highest BCUT2D eigenvalue weighted by molar-refractivity contribution is 8.00. The van der Waals surface area contributed by atoms with Crippen molar-refractivity contribution in [1.29, 1.82) is 0 Å². The molecule has 1 saturated heterocycles. The number of ether oxygens (including phenoxy) is 2. The molecule has 190 valence electrons. The molecule has 1 aromatic heterocycles. The van der Waals surface area contributed by atoms with Gasteiger partial charge in [0, 0.05) is 16.5 Å². The Kier molecular flexibility index (Phi) is 9.66. The standard InChI is InChI=1S/C27H38N4O3S/c1-33-24-17-29-26(31-27(24)34-2)20-10-12-22(13-11-20)35-18-25(32)30-23(21-8-5-15-28-16-21)14-9-19-6-3-4-7-19/h10-13,17,19,21,23,28H,3-9,14-16,18H2,1-2H3,(H,30,32). The third-order valence-electron chi connectivity index (χ3n) is 7.23. The molecule has 8 heteroatoms. The van der Waals surface area contributed by atoms with Gasteiger partial charge in [-0.2, -0.15) is 4.98 Å². The molecular weight excluding hydrogens is 460 g/mol. The van der Waals surface area contributed by atoms with Gasteiger partial charge < -0.3 is 20.1 Å². The second kappa shape index (κ2) is 13.1. The molecule has 2 N–H and O–H groups in total. The number of carbonyl (C=O) groups is 1. The van der Waals surface area contributed by atoms with Crippen molar-refractivity contribution < 1.29 is 14.3 Å². The van der Waals surface area contributed by atoms with E-state index in [-0.39, 0.29) is 11.9 Å². The van der Waals surface area contributed by atoms with Gasteiger partial charge in [0.05, 0.1) is 26.2 Å². The second-order valence-electron chi connectivity index (χ2n) is 9.59. The van der Waals surface area contributed by atoms with Crippen molar-refractivity contribution in [3.63, 3.8) is 0 Å². The summed E-state index contributed by atoms with van der Waals surface area (Å²) in [6.07, 6.45) is 11.8. The van der Waals surface area contributed by atoms with Crippen LogP contribution >= 0.6 is 11.8 Å². The summed E-state index contributed by atoms with van der Waals surface area (Å²) in [6, 6.07) is 8.24. The van der Waals surface area contributed by atoms with Crippen LogP contribution in [0.2, 0.25) is 0 Å². The first-order valence-corrected chi connectivity index (χ1v) is 13.8. The van der Waals surface area contributed by atoms with E-state index in [1.54, 1.807) is 32.2 Å². The van der Waals surface area contributed by atoms with Crippen molar-refractivity contribution in [2.45, 2.75) is 62.3 Å². The molecule has 0 radical (unpaired) electrons. The summed E-state index contributed by atoms with van der Waals surface area (Å²) in [7, 11) is 3.12. The average Bonchev–Trinajstić information content (AvgIpc) is 3.44. The van der Waals surface area contributed by atoms with Crippen LogP contribution in [0, 0.1) is 11.8 Å². The van der Waals surface area contributed by atoms with E-state index in [1.807, 2.05) is 24.3 Å². The van der Waals surface area contributed by atoms with Crippen LogP contribution in [0.25, 0.3) is 11.4 Å². The number of amides is 1. The minimum absolute atomic E-state index is 0.129. The number of rotatable bonds is 11. The molecule has 4 rings (SSSR count). The molecule has 1 aliphatic heterocycles. The lowest BCUT2D eigenvalue weighted by atomic mass is 9.86. The van der Waals surface area contributed by atoms with Crippen molar-refractivity contribution in [2.24, 2.45) is 11.8 Å². The fraction of sp³-hybridized carbons (Fsp3) is 0.593. The smallest absolute Gasteiger partial charge is 0.260 e. The molecule has 7 nitrogen and oxygen atoms in total. The number of methoxy groups -OCH3 is 2. The molecular formula is C27H38N4O3S.